The standard InChI is InChI=1S/C11H9N2O6/c1-7-5-8(3-4-10(14)19-2)6-9(12(15)16)11(7)13(17)18/h3,5-6H,1-2H3. The number of rotatable bonds is 4. The number of hydrogen-bond acceptors (Lipinski definition) is 6. The molecule has 0 heterocycles. The molecule has 0 aliphatic heterocycles. The van der Waals surface area contributed by atoms with Crippen molar-refractivity contribution in [3.63, 3.8) is 0 Å². The van der Waals surface area contributed by atoms with E-state index < -0.39 is 27.2 Å². The molecule has 99 valence electrons. The van der Waals surface area contributed by atoms with Crippen LogP contribution in [0.15, 0.2) is 12.1 Å². The Morgan fingerprint density at radius 1 is 1.32 bits per heavy atom. The maximum absolute atomic E-state index is 10.9. The molecule has 8 nitrogen and oxygen atoms in total. The third-order valence-corrected chi connectivity index (χ3v) is 2.22. The molecule has 0 aliphatic carbocycles. The topological polar surface area (TPSA) is 113 Å². The Bertz CT molecular complexity index is 579. The van der Waals surface area contributed by atoms with Crippen LogP contribution in [0.1, 0.15) is 11.1 Å². The lowest BCUT2D eigenvalue weighted by atomic mass is 10.1. The number of esters is 1. The van der Waals surface area contributed by atoms with Crippen LogP contribution in [0.25, 0.3) is 6.08 Å². The fraction of sp³-hybridized carbons (Fsp3) is 0.182. The second-order valence-corrected chi connectivity index (χ2v) is 3.50. The third-order valence-electron chi connectivity index (χ3n) is 2.22. The summed E-state index contributed by atoms with van der Waals surface area (Å²) in [7, 11) is 1.16. The quantitative estimate of drug-likeness (QED) is 0.355. The van der Waals surface area contributed by atoms with Crippen LogP contribution in [-0.2, 0) is 9.53 Å². The van der Waals surface area contributed by atoms with Crippen LogP contribution >= 0.6 is 0 Å². The Labute approximate surface area is 107 Å². The normalized spacial score (nSPS) is 10.4. The molecule has 0 saturated carbocycles. The summed E-state index contributed by atoms with van der Waals surface area (Å²) in [6.45, 7) is 1.38. The number of hydrogen-bond donors (Lipinski definition) is 0. The second-order valence-electron chi connectivity index (χ2n) is 3.50. The Balaban J connectivity index is 3.33. The number of nitro groups is 2. The van der Waals surface area contributed by atoms with Gasteiger partial charge in [-0.3, -0.25) is 20.2 Å². The maximum atomic E-state index is 10.9. The molecule has 0 atom stereocenters. The van der Waals surface area contributed by atoms with Crippen molar-refractivity contribution in [2.75, 3.05) is 7.11 Å². The Kier molecular flexibility index (Phi) is 4.30. The molecule has 0 N–H and O–H groups in total. The van der Waals surface area contributed by atoms with Gasteiger partial charge < -0.3 is 4.74 Å². The van der Waals surface area contributed by atoms with Crippen molar-refractivity contribution in [3.05, 3.63) is 49.6 Å². The third kappa shape index (κ3) is 3.35. The van der Waals surface area contributed by atoms with Crippen LogP contribution in [0.3, 0.4) is 0 Å². The summed E-state index contributed by atoms with van der Waals surface area (Å²) in [4.78, 5) is 30.8. The lowest BCUT2D eigenvalue weighted by Gasteiger charge is -2.00. The van der Waals surface area contributed by atoms with Crippen LogP contribution in [0.4, 0.5) is 11.4 Å². The number of carbonyl (C=O) groups is 1. The minimum absolute atomic E-state index is 0.122. The average molecular weight is 265 g/mol. The molecule has 0 amide bonds. The minimum Gasteiger partial charge on any atom is -0.465 e. The van der Waals surface area contributed by atoms with E-state index in [1.165, 1.54) is 13.0 Å². The van der Waals surface area contributed by atoms with Gasteiger partial charge in [-0.25, -0.2) is 4.79 Å². The lowest BCUT2D eigenvalue weighted by Crippen LogP contribution is -2.00. The molecule has 0 fully saturated rings. The molecular formula is C11H9N2O6. The van der Waals surface area contributed by atoms with Crippen LogP contribution in [-0.4, -0.2) is 22.9 Å². The monoisotopic (exact) mass is 265 g/mol. The highest BCUT2D eigenvalue weighted by Crippen LogP contribution is 2.31. The van der Waals surface area contributed by atoms with Gasteiger partial charge in [0, 0.05) is 11.6 Å². The first-order valence-electron chi connectivity index (χ1n) is 4.98. The lowest BCUT2D eigenvalue weighted by molar-refractivity contribution is -0.422. The van der Waals surface area contributed by atoms with Gasteiger partial charge in [0.15, 0.2) is 0 Å². The Hall–Kier alpha value is -2.77. The highest BCUT2D eigenvalue weighted by Gasteiger charge is 2.27. The van der Waals surface area contributed by atoms with Gasteiger partial charge in [0.25, 0.3) is 0 Å². The van der Waals surface area contributed by atoms with E-state index in [1.54, 1.807) is 0 Å². The zero-order valence-corrected chi connectivity index (χ0v) is 10.1. The van der Waals surface area contributed by atoms with Crippen LogP contribution in [0.2, 0.25) is 0 Å². The first kappa shape index (κ1) is 14.3. The second kappa shape index (κ2) is 5.71. The summed E-state index contributed by atoms with van der Waals surface area (Å²) in [5.41, 5.74) is -0.833. The SMILES string of the molecule is COC(=O)/[C]=C\c1cc(C)c([N+](=O)[O-])c([N+](=O)[O-])c1. The number of ether oxygens (including phenoxy) is 1. The van der Waals surface area contributed by atoms with E-state index in [0.29, 0.717) is 0 Å². The molecule has 1 rings (SSSR count). The molecule has 1 radical (unpaired) electrons. The van der Waals surface area contributed by atoms with Crippen molar-refractivity contribution in [1.82, 2.24) is 0 Å². The molecule has 0 aromatic heterocycles. The maximum Gasteiger partial charge on any atom is 0.348 e. The van der Waals surface area contributed by atoms with Crippen LogP contribution in [0.5, 0.6) is 0 Å². The van der Waals surface area contributed by atoms with E-state index >= 15 is 0 Å². The fourth-order valence-electron chi connectivity index (χ4n) is 1.45. The number of nitro benzene ring substituents is 2. The molecule has 19 heavy (non-hydrogen) atoms. The molecule has 0 spiro atoms. The predicted octanol–water partition coefficient (Wildman–Crippen LogP) is 1.80. The summed E-state index contributed by atoms with van der Waals surface area (Å²) < 4.78 is 4.32. The number of carbonyl (C=O) groups excluding carboxylic acids is 1. The predicted molar refractivity (Wildman–Crippen MR) is 64.2 cm³/mol. The average Bonchev–Trinajstić information content (AvgIpc) is 2.34. The zero-order valence-electron chi connectivity index (χ0n) is 10.1. The first-order valence-corrected chi connectivity index (χ1v) is 4.98. The van der Waals surface area contributed by atoms with Gasteiger partial charge in [-0.2, -0.15) is 0 Å². The van der Waals surface area contributed by atoms with Gasteiger partial charge in [0.1, 0.15) is 0 Å². The smallest absolute Gasteiger partial charge is 0.348 e. The zero-order chi connectivity index (χ0) is 14.6. The molecule has 0 bridgehead atoms. The molecule has 0 aliphatic rings. The van der Waals surface area contributed by atoms with E-state index in [4.69, 9.17) is 0 Å². The van der Waals surface area contributed by atoms with Crippen molar-refractivity contribution in [1.29, 1.82) is 0 Å². The first-order chi connectivity index (χ1) is 8.86. The van der Waals surface area contributed by atoms with E-state index in [9.17, 15) is 25.0 Å². The Morgan fingerprint density at radius 3 is 2.42 bits per heavy atom. The van der Waals surface area contributed by atoms with Gasteiger partial charge in [-0.15, -0.1) is 0 Å². The summed E-state index contributed by atoms with van der Waals surface area (Å²) in [6, 6.07) is 2.35. The van der Waals surface area contributed by atoms with Gasteiger partial charge in [0.05, 0.1) is 23.0 Å². The van der Waals surface area contributed by atoms with Gasteiger partial charge in [0.2, 0.25) is 0 Å². The molecule has 1 aromatic rings. The summed E-state index contributed by atoms with van der Waals surface area (Å²) >= 11 is 0. The fourth-order valence-corrected chi connectivity index (χ4v) is 1.45. The van der Waals surface area contributed by atoms with Gasteiger partial charge in [-0.05, 0) is 24.6 Å². The largest absolute Gasteiger partial charge is 0.465 e. The molecular weight excluding hydrogens is 256 g/mol. The minimum atomic E-state index is -0.847. The van der Waals surface area contributed by atoms with Crippen molar-refractivity contribution in [2.24, 2.45) is 0 Å². The number of aryl methyl sites for hydroxylation is 1. The Morgan fingerprint density at radius 2 is 1.95 bits per heavy atom. The molecule has 8 heteroatoms. The molecule has 1 aromatic carbocycles. The van der Waals surface area contributed by atoms with Crippen molar-refractivity contribution >= 4 is 23.4 Å². The summed E-state index contributed by atoms with van der Waals surface area (Å²) in [6.07, 6.45) is 3.37. The van der Waals surface area contributed by atoms with Gasteiger partial charge in [-0.1, -0.05) is 0 Å². The molecule has 0 unspecified atom stereocenters. The highest BCUT2D eigenvalue weighted by atomic mass is 16.6. The van der Waals surface area contributed by atoms with E-state index in [-0.39, 0.29) is 11.1 Å². The summed E-state index contributed by atoms with van der Waals surface area (Å²) in [5.74, 6) is -0.751. The molecule has 0 saturated heterocycles. The van der Waals surface area contributed by atoms with Crippen molar-refractivity contribution in [2.45, 2.75) is 6.92 Å². The van der Waals surface area contributed by atoms with Crippen LogP contribution in [0, 0.1) is 33.2 Å². The van der Waals surface area contributed by atoms with E-state index in [0.717, 1.165) is 19.3 Å². The van der Waals surface area contributed by atoms with E-state index in [2.05, 4.69) is 10.8 Å². The van der Waals surface area contributed by atoms with E-state index in [1.807, 2.05) is 0 Å². The number of methoxy groups -OCH3 is 1. The van der Waals surface area contributed by atoms with Crippen LogP contribution < -0.4 is 0 Å². The highest BCUT2D eigenvalue weighted by molar-refractivity contribution is 5.82. The number of benzene rings is 1. The summed E-state index contributed by atoms with van der Waals surface area (Å²) in [5, 5.41) is 21.6. The van der Waals surface area contributed by atoms with Crippen molar-refractivity contribution in [3.8, 4) is 0 Å². The van der Waals surface area contributed by atoms with Crippen molar-refractivity contribution < 1.29 is 19.4 Å². The number of nitrogens with zero attached hydrogens (tertiary/aromatic N) is 2. The van der Waals surface area contributed by atoms with Gasteiger partial charge >= 0.3 is 17.3 Å².